The van der Waals surface area contributed by atoms with Gasteiger partial charge in [-0.25, -0.2) is 0 Å². The zero-order valence-electron chi connectivity index (χ0n) is 13.8. The van der Waals surface area contributed by atoms with E-state index in [0.717, 1.165) is 31.9 Å². The SMILES string of the molecule is O=[N+]([O-])c1cccc(C(O)CN2CCN(c3ccccc3O)CC2)c1. The smallest absolute Gasteiger partial charge is 0.269 e. The van der Waals surface area contributed by atoms with E-state index in [4.69, 9.17) is 0 Å². The van der Waals surface area contributed by atoms with E-state index in [0.29, 0.717) is 12.1 Å². The second kappa shape index (κ2) is 7.50. The van der Waals surface area contributed by atoms with Crippen molar-refractivity contribution in [1.82, 2.24) is 4.90 Å². The maximum absolute atomic E-state index is 10.9. The Morgan fingerprint density at radius 3 is 2.48 bits per heavy atom. The van der Waals surface area contributed by atoms with Crippen LogP contribution >= 0.6 is 0 Å². The normalized spacial score (nSPS) is 16.6. The fraction of sp³-hybridized carbons (Fsp3) is 0.333. The predicted molar refractivity (Wildman–Crippen MR) is 94.8 cm³/mol. The number of rotatable bonds is 5. The van der Waals surface area contributed by atoms with Crippen molar-refractivity contribution in [3.63, 3.8) is 0 Å². The van der Waals surface area contributed by atoms with Gasteiger partial charge >= 0.3 is 0 Å². The lowest BCUT2D eigenvalue weighted by Crippen LogP contribution is -2.47. The van der Waals surface area contributed by atoms with Gasteiger partial charge in [0.25, 0.3) is 5.69 Å². The lowest BCUT2D eigenvalue weighted by molar-refractivity contribution is -0.385. The number of phenolic OH excluding ortho intramolecular Hbond substituents is 1. The van der Waals surface area contributed by atoms with Crippen molar-refractivity contribution >= 4 is 11.4 Å². The molecule has 1 unspecified atom stereocenters. The average molecular weight is 343 g/mol. The highest BCUT2D eigenvalue weighted by molar-refractivity contribution is 5.57. The third-order valence-corrected chi connectivity index (χ3v) is 4.49. The van der Waals surface area contributed by atoms with Gasteiger partial charge < -0.3 is 15.1 Å². The lowest BCUT2D eigenvalue weighted by Gasteiger charge is -2.37. The van der Waals surface area contributed by atoms with Gasteiger partial charge in [0, 0.05) is 44.9 Å². The van der Waals surface area contributed by atoms with Crippen LogP contribution in [0.1, 0.15) is 11.7 Å². The number of anilines is 1. The first-order chi connectivity index (χ1) is 12.0. The fourth-order valence-corrected chi connectivity index (χ4v) is 3.10. The number of non-ortho nitro benzene ring substituents is 1. The number of nitro groups is 1. The predicted octanol–water partition coefficient (Wildman–Crippen LogP) is 2.16. The molecule has 0 aliphatic carbocycles. The van der Waals surface area contributed by atoms with E-state index in [1.807, 2.05) is 12.1 Å². The van der Waals surface area contributed by atoms with Crippen molar-refractivity contribution < 1.29 is 15.1 Å². The molecule has 1 heterocycles. The van der Waals surface area contributed by atoms with Crippen LogP contribution in [-0.2, 0) is 0 Å². The highest BCUT2D eigenvalue weighted by atomic mass is 16.6. The number of aliphatic hydroxyl groups excluding tert-OH is 1. The van der Waals surface area contributed by atoms with E-state index in [-0.39, 0.29) is 11.4 Å². The lowest BCUT2D eigenvalue weighted by atomic mass is 10.1. The number of aliphatic hydroxyl groups is 1. The first-order valence-corrected chi connectivity index (χ1v) is 8.22. The van der Waals surface area contributed by atoms with Gasteiger partial charge in [-0.15, -0.1) is 0 Å². The monoisotopic (exact) mass is 343 g/mol. The molecular formula is C18H21N3O4. The largest absolute Gasteiger partial charge is 0.506 e. The minimum Gasteiger partial charge on any atom is -0.506 e. The van der Waals surface area contributed by atoms with Crippen molar-refractivity contribution in [2.45, 2.75) is 6.10 Å². The van der Waals surface area contributed by atoms with Crippen molar-refractivity contribution in [2.75, 3.05) is 37.6 Å². The zero-order chi connectivity index (χ0) is 17.8. The molecule has 7 nitrogen and oxygen atoms in total. The maximum atomic E-state index is 10.9. The Kier molecular flexibility index (Phi) is 5.16. The van der Waals surface area contributed by atoms with Gasteiger partial charge in [-0.1, -0.05) is 24.3 Å². The molecule has 0 aromatic heterocycles. The molecule has 0 spiro atoms. The van der Waals surface area contributed by atoms with E-state index in [1.165, 1.54) is 12.1 Å². The molecule has 2 aromatic rings. The van der Waals surface area contributed by atoms with Gasteiger partial charge in [-0.2, -0.15) is 0 Å². The molecule has 1 aliphatic rings. The van der Waals surface area contributed by atoms with Gasteiger partial charge in [-0.3, -0.25) is 15.0 Å². The summed E-state index contributed by atoms with van der Waals surface area (Å²) in [7, 11) is 0. The Morgan fingerprint density at radius 1 is 1.08 bits per heavy atom. The van der Waals surface area contributed by atoms with Crippen LogP contribution in [0.25, 0.3) is 0 Å². The van der Waals surface area contributed by atoms with Crippen molar-refractivity contribution in [3.05, 3.63) is 64.2 Å². The molecule has 1 aliphatic heterocycles. The summed E-state index contributed by atoms with van der Waals surface area (Å²) in [4.78, 5) is 14.6. The highest BCUT2D eigenvalue weighted by Gasteiger charge is 2.22. The minimum atomic E-state index is -0.767. The Balaban J connectivity index is 1.58. The van der Waals surface area contributed by atoms with E-state index in [2.05, 4.69) is 9.80 Å². The fourth-order valence-electron chi connectivity index (χ4n) is 3.10. The Bertz CT molecular complexity index is 745. The quantitative estimate of drug-likeness (QED) is 0.639. The zero-order valence-corrected chi connectivity index (χ0v) is 13.8. The Hall–Kier alpha value is -2.64. The van der Waals surface area contributed by atoms with Crippen molar-refractivity contribution in [1.29, 1.82) is 0 Å². The molecule has 1 atom stereocenters. The molecule has 132 valence electrons. The number of aromatic hydroxyl groups is 1. The van der Waals surface area contributed by atoms with Crippen LogP contribution in [0, 0.1) is 10.1 Å². The third-order valence-electron chi connectivity index (χ3n) is 4.49. The summed E-state index contributed by atoms with van der Waals surface area (Å²) in [6.45, 7) is 3.43. The van der Waals surface area contributed by atoms with Gasteiger partial charge in [-0.05, 0) is 17.7 Å². The summed E-state index contributed by atoms with van der Waals surface area (Å²) in [6.07, 6.45) is -0.767. The molecule has 0 amide bonds. The molecule has 0 saturated carbocycles. The molecule has 3 rings (SSSR count). The van der Waals surface area contributed by atoms with Crippen molar-refractivity contribution in [3.8, 4) is 5.75 Å². The van der Waals surface area contributed by atoms with E-state index in [1.54, 1.807) is 24.3 Å². The second-order valence-corrected chi connectivity index (χ2v) is 6.14. The number of nitro benzene ring substituents is 1. The number of phenols is 1. The summed E-state index contributed by atoms with van der Waals surface area (Å²) < 4.78 is 0. The molecular weight excluding hydrogens is 322 g/mol. The number of nitrogens with zero attached hydrogens (tertiary/aromatic N) is 3. The van der Waals surface area contributed by atoms with Crippen LogP contribution < -0.4 is 4.90 Å². The highest BCUT2D eigenvalue weighted by Crippen LogP contribution is 2.27. The molecule has 7 heteroatoms. The molecule has 0 radical (unpaired) electrons. The van der Waals surface area contributed by atoms with E-state index < -0.39 is 11.0 Å². The van der Waals surface area contributed by atoms with Crippen LogP contribution in [0.3, 0.4) is 0 Å². The first kappa shape index (κ1) is 17.2. The van der Waals surface area contributed by atoms with Crippen LogP contribution in [0.15, 0.2) is 48.5 Å². The standard InChI is InChI=1S/C18H21N3O4/c22-17-7-2-1-6-16(17)20-10-8-19(9-11-20)13-18(23)14-4-3-5-15(12-14)21(24)25/h1-7,12,18,22-23H,8-11,13H2. The maximum Gasteiger partial charge on any atom is 0.269 e. The molecule has 0 bridgehead atoms. The number of benzene rings is 2. The topological polar surface area (TPSA) is 90.1 Å². The summed E-state index contributed by atoms with van der Waals surface area (Å²) in [5, 5.41) is 31.2. The summed E-state index contributed by atoms with van der Waals surface area (Å²) >= 11 is 0. The van der Waals surface area contributed by atoms with Crippen LogP contribution in [0.2, 0.25) is 0 Å². The minimum absolute atomic E-state index is 0.0130. The molecule has 1 fully saturated rings. The number of piperazine rings is 1. The van der Waals surface area contributed by atoms with Crippen molar-refractivity contribution in [2.24, 2.45) is 0 Å². The molecule has 2 N–H and O–H groups in total. The number of hydrogen-bond acceptors (Lipinski definition) is 6. The van der Waals surface area contributed by atoms with Crippen LogP contribution in [-0.4, -0.2) is 52.8 Å². The summed E-state index contributed by atoms with van der Waals surface area (Å²) in [6, 6.07) is 13.4. The third kappa shape index (κ3) is 4.07. The van der Waals surface area contributed by atoms with Gasteiger partial charge in [0.2, 0.25) is 0 Å². The number of hydrogen-bond donors (Lipinski definition) is 2. The number of β-amino-alcohol motifs (C(OH)–C–C–N with tert-alkyl or cyclic N) is 1. The molecule has 25 heavy (non-hydrogen) atoms. The first-order valence-electron chi connectivity index (χ1n) is 8.22. The second-order valence-electron chi connectivity index (χ2n) is 6.14. The van der Waals surface area contributed by atoms with E-state index in [9.17, 15) is 20.3 Å². The van der Waals surface area contributed by atoms with Crippen LogP contribution in [0.4, 0.5) is 11.4 Å². The average Bonchev–Trinajstić information content (AvgIpc) is 2.63. The Morgan fingerprint density at radius 2 is 1.80 bits per heavy atom. The van der Waals surface area contributed by atoms with Crippen LogP contribution in [0.5, 0.6) is 5.75 Å². The molecule has 1 saturated heterocycles. The Labute approximate surface area is 145 Å². The number of para-hydroxylation sites is 2. The van der Waals surface area contributed by atoms with E-state index >= 15 is 0 Å². The summed E-state index contributed by atoms with van der Waals surface area (Å²) in [5.41, 5.74) is 1.36. The van der Waals surface area contributed by atoms with Gasteiger partial charge in [0.05, 0.1) is 16.7 Å². The van der Waals surface area contributed by atoms with Gasteiger partial charge in [0.15, 0.2) is 0 Å². The van der Waals surface area contributed by atoms with Gasteiger partial charge in [0.1, 0.15) is 5.75 Å². The summed E-state index contributed by atoms with van der Waals surface area (Å²) in [5.74, 6) is 0.271. The molecule has 2 aromatic carbocycles.